The normalized spacial score (nSPS) is 21.1. The van der Waals surface area contributed by atoms with E-state index in [-0.39, 0.29) is 11.7 Å². The number of carbonyl (C=O) groups excluding carboxylic acids is 1. The molecule has 0 saturated carbocycles. The summed E-state index contributed by atoms with van der Waals surface area (Å²) in [4.78, 5) is 42.2. The zero-order chi connectivity index (χ0) is 45.9. The van der Waals surface area contributed by atoms with Crippen LogP contribution >= 0.6 is 0 Å². The Morgan fingerprint density at radius 3 is 1.89 bits per heavy atom. The smallest absolute Gasteiger partial charge is 0.475 e. The molecule has 3 unspecified atom stereocenters. The van der Waals surface area contributed by atoms with Crippen LogP contribution in [0.5, 0.6) is 0 Å². The lowest BCUT2D eigenvalue weighted by atomic mass is 10.00. The lowest BCUT2D eigenvalue weighted by Crippen LogP contribution is -2.55. The highest BCUT2D eigenvalue weighted by Crippen LogP contribution is 2.32. The molecule has 0 aliphatic carbocycles. The molecule has 6 N–H and O–H groups in total. The molecule has 3 saturated heterocycles. The van der Waals surface area contributed by atoms with Crippen LogP contribution < -0.4 is 16.0 Å². The largest absolute Gasteiger partial charge is 0.490 e. The van der Waals surface area contributed by atoms with Gasteiger partial charge in [-0.05, 0) is 53.9 Å². The number of hydrogen-bond acceptors (Lipinski definition) is 7. The Kier molecular flexibility index (Phi) is 17.2. The van der Waals surface area contributed by atoms with Gasteiger partial charge >= 0.3 is 36.4 Å². The van der Waals surface area contributed by atoms with Gasteiger partial charge in [-0.15, -0.1) is 0 Å². The molecule has 3 heterocycles. The second kappa shape index (κ2) is 21.0. The number of hydrogen-bond donors (Lipinski definition) is 6. The minimum absolute atomic E-state index is 0.104. The predicted molar refractivity (Wildman–Crippen MR) is 198 cm³/mol. The maximum atomic E-state index is 14.9. The van der Waals surface area contributed by atoms with Gasteiger partial charge in [0.2, 0.25) is 0 Å². The summed E-state index contributed by atoms with van der Waals surface area (Å²) < 4.78 is 111. The monoisotopic (exact) mass is 884 g/mol. The van der Waals surface area contributed by atoms with Gasteiger partial charge in [0.05, 0.1) is 19.6 Å². The molecule has 3 fully saturated rings. The molecule has 0 radical (unpaired) electrons. The molecule has 1 amide bonds. The van der Waals surface area contributed by atoms with E-state index in [9.17, 15) is 48.7 Å². The van der Waals surface area contributed by atoms with Crippen molar-refractivity contribution in [1.82, 2.24) is 20.9 Å². The lowest BCUT2D eigenvalue weighted by Gasteiger charge is -2.38. The van der Waals surface area contributed by atoms with Gasteiger partial charge in [-0.25, -0.2) is 18.8 Å². The molecule has 6 rings (SSSR count). The highest BCUT2D eigenvalue weighted by Gasteiger charge is 2.48. The van der Waals surface area contributed by atoms with Crippen molar-refractivity contribution in [1.29, 1.82) is 0 Å². The van der Waals surface area contributed by atoms with Gasteiger partial charge in [0.1, 0.15) is 18.4 Å². The summed E-state index contributed by atoms with van der Waals surface area (Å²) >= 11 is 0. The van der Waals surface area contributed by atoms with Crippen LogP contribution in [0.2, 0.25) is 0 Å². The zero-order valence-electron chi connectivity index (χ0n) is 32.6. The Bertz CT molecular complexity index is 1940. The molecule has 3 aromatic carbocycles. The molecule has 2 bridgehead atoms. The second-order valence-corrected chi connectivity index (χ2v) is 14.7. The maximum absolute atomic E-state index is 14.9. The maximum Gasteiger partial charge on any atom is 0.490 e. The molecule has 61 heavy (non-hydrogen) atoms. The van der Waals surface area contributed by atoms with E-state index in [0.29, 0.717) is 35.8 Å². The third-order valence-corrected chi connectivity index (χ3v) is 9.76. The zero-order valence-corrected chi connectivity index (χ0v) is 32.6. The molecule has 0 aromatic heterocycles. The summed E-state index contributed by atoms with van der Waals surface area (Å²) in [7, 11) is 2.34. The summed E-state index contributed by atoms with van der Waals surface area (Å²) in [5.74, 6) is -8.63. The quantitative estimate of drug-likeness (QED) is 0.120. The van der Waals surface area contributed by atoms with Gasteiger partial charge in [-0.1, -0.05) is 36.4 Å². The topological polar surface area (TPSA) is 168 Å². The average molecular weight is 885 g/mol. The van der Waals surface area contributed by atoms with Crippen molar-refractivity contribution < 1.29 is 82.9 Å². The SMILES string of the molecule is C[C@H]1CN(Cc2cccc(-c3cc(CNC(=O)c4cccc(C[N+]5(C)CC6CC5CN6)c4)ccc3F)c2)CCN1.O=C(O)C(F)(F)F.O=C(O)C(F)(F)F.O=C(O)C(F)(F)F. The van der Waals surface area contributed by atoms with Crippen LogP contribution in [0.25, 0.3) is 11.1 Å². The number of benzene rings is 3. The molecular weight excluding hydrogens is 840 g/mol. The molecule has 3 aromatic rings. The Morgan fingerprint density at radius 1 is 0.787 bits per heavy atom. The number of amides is 1. The van der Waals surface area contributed by atoms with Crippen LogP contribution in [-0.4, -0.2) is 125 Å². The summed E-state index contributed by atoms with van der Waals surface area (Å²) in [5, 5.41) is 31.5. The molecular formula is C39H44F10N5O7+. The number of piperazine rings is 2. The van der Waals surface area contributed by atoms with E-state index in [1.165, 1.54) is 23.6 Å². The number of likely N-dealkylation sites (tertiary alicyclic amines) is 1. The number of carboxylic acids is 3. The first-order chi connectivity index (χ1) is 28.2. The van der Waals surface area contributed by atoms with E-state index < -0.39 is 36.4 Å². The average Bonchev–Trinajstić information content (AvgIpc) is 3.75. The third kappa shape index (κ3) is 15.9. The Balaban J connectivity index is 0.000000390. The van der Waals surface area contributed by atoms with Crippen LogP contribution in [0.15, 0.2) is 66.7 Å². The number of rotatable bonds is 8. The van der Waals surface area contributed by atoms with E-state index in [1.807, 2.05) is 36.4 Å². The van der Waals surface area contributed by atoms with Gasteiger partial charge in [-0.2, -0.15) is 39.5 Å². The van der Waals surface area contributed by atoms with Gasteiger partial charge in [-0.3, -0.25) is 9.69 Å². The number of alkyl halides is 9. The molecule has 3 aliphatic heterocycles. The number of nitrogens with zero attached hydrogens (tertiary/aromatic N) is 2. The number of halogens is 10. The number of carbonyl (C=O) groups is 4. The molecule has 22 heteroatoms. The van der Waals surface area contributed by atoms with Crippen molar-refractivity contribution in [2.24, 2.45) is 0 Å². The third-order valence-electron chi connectivity index (χ3n) is 9.76. The molecule has 3 aliphatic rings. The van der Waals surface area contributed by atoms with Crippen LogP contribution in [-0.2, 0) is 34.0 Å². The molecule has 4 atom stereocenters. The predicted octanol–water partition coefficient (Wildman–Crippen LogP) is 5.81. The minimum atomic E-state index is -5.08. The summed E-state index contributed by atoms with van der Waals surface area (Å²) in [5.41, 5.74) is 5.35. The highest BCUT2D eigenvalue weighted by molar-refractivity contribution is 5.94. The van der Waals surface area contributed by atoms with Gasteiger partial charge < -0.3 is 35.8 Å². The Labute approximate surface area is 342 Å². The standard InChI is InChI=1S/C33H40FN5O.3C2HF3O2/c1-23-19-38(12-11-35-23)20-25-5-3-7-27(13-25)31-15-24(9-10-32(31)34)17-37-33(40)28-8-4-6-26(14-28)21-39(2)22-29-16-30(39)18-36-29;3*3-2(4,5)1(6)7/h3-10,13-15,23,29-30,35-36H,11-12,16-22H2,1-2H3;3*(H,6,7)/p+1/t23-,29?,30?,39?;;;/m0.../s1. The Hall–Kier alpha value is -5.32. The van der Waals surface area contributed by atoms with Crippen molar-refractivity contribution in [2.75, 3.05) is 39.8 Å². The highest BCUT2D eigenvalue weighted by atomic mass is 19.4. The first-order valence-electron chi connectivity index (χ1n) is 18.4. The van der Waals surface area contributed by atoms with Crippen molar-refractivity contribution >= 4 is 23.8 Å². The number of carboxylic acid groups (broad SMARTS) is 3. The van der Waals surface area contributed by atoms with Crippen molar-refractivity contribution in [3.05, 3.63) is 94.8 Å². The number of likely N-dealkylation sites (N-methyl/N-ethyl adjacent to an activating group) is 1. The van der Waals surface area contributed by atoms with Crippen molar-refractivity contribution in [3.63, 3.8) is 0 Å². The fourth-order valence-corrected chi connectivity index (χ4v) is 6.93. The number of aliphatic carboxylic acids is 3. The van der Waals surface area contributed by atoms with Gasteiger partial charge in [0.15, 0.2) is 0 Å². The van der Waals surface area contributed by atoms with E-state index in [0.717, 1.165) is 61.4 Å². The minimum Gasteiger partial charge on any atom is -0.475 e. The Morgan fingerprint density at radius 2 is 1.36 bits per heavy atom. The van der Waals surface area contributed by atoms with Crippen LogP contribution in [0.1, 0.15) is 40.4 Å². The van der Waals surface area contributed by atoms with Crippen molar-refractivity contribution in [2.45, 2.75) is 69.6 Å². The van der Waals surface area contributed by atoms with Crippen LogP contribution in [0.4, 0.5) is 43.9 Å². The van der Waals surface area contributed by atoms with Gasteiger partial charge in [0.25, 0.3) is 5.91 Å². The summed E-state index contributed by atoms with van der Waals surface area (Å²) in [6, 6.07) is 23.0. The molecule has 0 spiro atoms. The van der Waals surface area contributed by atoms with E-state index in [2.05, 4.69) is 53.0 Å². The number of nitrogens with one attached hydrogen (secondary N) is 3. The summed E-state index contributed by atoms with van der Waals surface area (Å²) in [6.45, 7) is 9.58. The number of fused-ring (bicyclic) bond motifs is 2. The molecule has 12 nitrogen and oxygen atoms in total. The first-order valence-corrected chi connectivity index (χ1v) is 18.4. The summed E-state index contributed by atoms with van der Waals surface area (Å²) in [6.07, 6.45) is -14.0. The van der Waals surface area contributed by atoms with E-state index in [4.69, 9.17) is 29.7 Å². The second-order valence-electron chi connectivity index (χ2n) is 14.7. The fourth-order valence-electron chi connectivity index (χ4n) is 6.93. The van der Waals surface area contributed by atoms with Gasteiger partial charge in [0, 0.05) is 68.4 Å². The van der Waals surface area contributed by atoms with E-state index in [1.54, 1.807) is 6.07 Å². The fraction of sp³-hybridized carbons (Fsp3) is 0.436. The first kappa shape index (κ1) is 50.0. The van der Waals surface area contributed by atoms with Crippen LogP contribution in [0.3, 0.4) is 0 Å². The van der Waals surface area contributed by atoms with E-state index >= 15 is 0 Å². The molecule has 336 valence electrons. The van der Waals surface area contributed by atoms with Crippen molar-refractivity contribution in [3.8, 4) is 11.1 Å². The number of quaternary nitrogens is 1. The van der Waals surface area contributed by atoms with Crippen LogP contribution in [0, 0.1) is 5.82 Å². The lowest BCUT2D eigenvalue weighted by molar-refractivity contribution is -0.936.